The van der Waals surface area contributed by atoms with Gasteiger partial charge >= 0.3 is 0 Å². The van der Waals surface area contributed by atoms with E-state index < -0.39 is 9.85 Å². The van der Waals surface area contributed by atoms with Gasteiger partial charge in [-0.1, -0.05) is 0 Å². The molecule has 0 aliphatic rings. The van der Waals surface area contributed by atoms with Crippen LogP contribution in [0.5, 0.6) is 0 Å². The van der Waals surface area contributed by atoms with Gasteiger partial charge in [0.2, 0.25) is 0 Å². The summed E-state index contributed by atoms with van der Waals surface area (Å²) in [7, 11) is 0. The molecule has 0 saturated heterocycles. The van der Waals surface area contributed by atoms with Gasteiger partial charge in [-0.2, -0.15) is 0 Å². The smallest absolute Gasteiger partial charge is 0.269 e. The third kappa shape index (κ3) is 4.50. The molecule has 0 aliphatic carbocycles. The standard InChI is InChI=1S/C25H16N4O5S/c30-25-21-13-17(26-15-1-7-19(8-2-15)28(31)32)5-11-23(21)35-24-12-6-18(14-22(24)25)27-16-3-9-20(10-4-16)29(33)34/h1-14,26-27H. The molecule has 1 aromatic heterocycles. The lowest BCUT2D eigenvalue weighted by Crippen LogP contribution is -2.02. The Morgan fingerprint density at radius 2 is 0.943 bits per heavy atom. The summed E-state index contributed by atoms with van der Waals surface area (Å²) in [6.45, 7) is 0. The molecule has 0 atom stereocenters. The van der Waals surface area contributed by atoms with Crippen molar-refractivity contribution in [1.29, 1.82) is 0 Å². The first-order valence-corrected chi connectivity index (χ1v) is 11.2. The number of anilines is 4. The van der Waals surface area contributed by atoms with Crippen LogP contribution in [0, 0.1) is 20.2 Å². The number of benzene rings is 4. The van der Waals surface area contributed by atoms with Crippen molar-refractivity contribution in [3.63, 3.8) is 0 Å². The number of nitro groups is 2. The molecule has 0 bridgehead atoms. The number of rotatable bonds is 6. The Balaban J connectivity index is 1.47. The fraction of sp³-hybridized carbons (Fsp3) is 0. The van der Waals surface area contributed by atoms with Crippen LogP contribution >= 0.6 is 11.3 Å². The van der Waals surface area contributed by atoms with Crippen molar-refractivity contribution in [2.24, 2.45) is 0 Å². The normalized spacial score (nSPS) is 10.9. The van der Waals surface area contributed by atoms with Crippen molar-refractivity contribution in [2.75, 3.05) is 10.6 Å². The second kappa shape index (κ2) is 8.84. The van der Waals surface area contributed by atoms with Crippen LogP contribution in [0.3, 0.4) is 0 Å². The molecule has 0 radical (unpaired) electrons. The summed E-state index contributed by atoms with van der Waals surface area (Å²) in [4.78, 5) is 34.1. The third-order valence-corrected chi connectivity index (χ3v) is 6.55. The van der Waals surface area contributed by atoms with E-state index in [2.05, 4.69) is 10.6 Å². The fourth-order valence-electron chi connectivity index (χ4n) is 3.68. The van der Waals surface area contributed by atoms with Gasteiger partial charge in [0.15, 0.2) is 5.43 Å². The molecule has 5 rings (SSSR count). The van der Waals surface area contributed by atoms with Gasteiger partial charge in [-0.05, 0) is 60.7 Å². The van der Waals surface area contributed by atoms with Crippen molar-refractivity contribution in [2.45, 2.75) is 0 Å². The van der Waals surface area contributed by atoms with E-state index in [1.807, 2.05) is 24.3 Å². The minimum atomic E-state index is -0.458. The maximum Gasteiger partial charge on any atom is 0.269 e. The second-order valence-electron chi connectivity index (χ2n) is 7.71. The van der Waals surface area contributed by atoms with Crippen LogP contribution < -0.4 is 16.1 Å². The molecule has 0 unspecified atom stereocenters. The molecule has 1 heterocycles. The Bertz CT molecular complexity index is 1540. The summed E-state index contributed by atoms with van der Waals surface area (Å²) >= 11 is 1.50. The van der Waals surface area contributed by atoms with Crippen molar-refractivity contribution < 1.29 is 9.85 Å². The Hall–Kier alpha value is -4.83. The summed E-state index contributed by atoms with van der Waals surface area (Å²) in [6.07, 6.45) is 0. The van der Waals surface area contributed by atoms with Crippen LogP contribution in [-0.2, 0) is 0 Å². The number of fused-ring (bicyclic) bond motifs is 2. The molecule has 0 aliphatic heterocycles. The molecular weight excluding hydrogens is 468 g/mol. The van der Waals surface area contributed by atoms with E-state index in [0.29, 0.717) is 33.5 Å². The molecule has 2 N–H and O–H groups in total. The van der Waals surface area contributed by atoms with Crippen molar-refractivity contribution in [1.82, 2.24) is 0 Å². The first kappa shape index (κ1) is 22.0. The highest BCUT2D eigenvalue weighted by Gasteiger charge is 2.10. The van der Waals surface area contributed by atoms with Gasteiger partial charge in [0, 0.05) is 67.2 Å². The van der Waals surface area contributed by atoms with Crippen molar-refractivity contribution in [3.05, 3.63) is 115 Å². The van der Waals surface area contributed by atoms with E-state index in [9.17, 15) is 25.0 Å². The Morgan fingerprint density at radius 3 is 1.31 bits per heavy atom. The molecule has 5 aromatic rings. The number of hydrogen-bond donors (Lipinski definition) is 2. The van der Waals surface area contributed by atoms with E-state index in [-0.39, 0.29) is 16.8 Å². The minimum Gasteiger partial charge on any atom is -0.355 e. The summed E-state index contributed by atoms with van der Waals surface area (Å²) in [5.74, 6) is 0. The second-order valence-corrected chi connectivity index (χ2v) is 8.79. The van der Waals surface area contributed by atoms with Crippen molar-refractivity contribution in [3.8, 4) is 0 Å². The third-order valence-electron chi connectivity index (χ3n) is 5.40. The van der Waals surface area contributed by atoms with Crippen LogP contribution in [0.25, 0.3) is 20.2 Å². The average Bonchev–Trinajstić information content (AvgIpc) is 2.85. The van der Waals surface area contributed by atoms with Crippen LogP contribution in [-0.4, -0.2) is 9.85 Å². The average molecular weight is 484 g/mol. The fourth-order valence-corrected chi connectivity index (χ4v) is 4.71. The van der Waals surface area contributed by atoms with Gasteiger partial charge in [0.05, 0.1) is 9.85 Å². The SMILES string of the molecule is O=c1c2cc(Nc3ccc([N+](=O)[O-])cc3)ccc2sc2ccc(Nc3ccc([N+](=O)[O-])cc3)cc12. The van der Waals surface area contributed by atoms with Gasteiger partial charge in [-0.25, -0.2) is 0 Å². The zero-order chi connectivity index (χ0) is 24.5. The first-order valence-electron chi connectivity index (χ1n) is 10.4. The molecule has 10 heteroatoms. The van der Waals surface area contributed by atoms with Crippen LogP contribution in [0.2, 0.25) is 0 Å². The lowest BCUT2D eigenvalue weighted by Gasteiger charge is -2.09. The topological polar surface area (TPSA) is 127 Å². The Kier molecular flexibility index (Phi) is 5.55. The highest BCUT2D eigenvalue weighted by Crippen LogP contribution is 2.30. The number of nitrogens with one attached hydrogen (secondary N) is 2. The molecule has 172 valence electrons. The van der Waals surface area contributed by atoms with E-state index in [1.54, 1.807) is 36.4 Å². The lowest BCUT2D eigenvalue weighted by atomic mass is 10.1. The Labute approximate surface area is 201 Å². The molecule has 0 saturated carbocycles. The van der Waals surface area contributed by atoms with Gasteiger partial charge in [-0.3, -0.25) is 25.0 Å². The predicted molar refractivity (Wildman–Crippen MR) is 138 cm³/mol. The first-order chi connectivity index (χ1) is 16.9. The number of nitrogens with zero attached hydrogens (tertiary/aromatic N) is 2. The molecule has 9 nitrogen and oxygen atoms in total. The zero-order valence-electron chi connectivity index (χ0n) is 17.9. The Morgan fingerprint density at radius 1 is 0.571 bits per heavy atom. The monoisotopic (exact) mass is 484 g/mol. The van der Waals surface area contributed by atoms with E-state index in [4.69, 9.17) is 0 Å². The molecule has 0 amide bonds. The largest absolute Gasteiger partial charge is 0.355 e. The summed E-state index contributed by atoms with van der Waals surface area (Å²) in [5.41, 5.74) is 2.60. The number of nitro benzene ring substituents is 2. The van der Waals surface area contributed by atoms with Gasteiger partial charge in [-0.15, -0.1) is 11.3 Å². The highest BCUT2D eigenvalue weighted by molar-refractivity contribution is 7.24. The lowest BCUT2D eigenvalue weighted by molar-refractivity contribution is -0.385. The van der Waals surface area contributed by atoms with E-state index in [1.165, 1.54) is 35.6 Å². The maximum absolute atomic E-state index is 13.3. The van der Waals surface area contributed by atoms with Gasteiger partial charge in [0.25, 0.3) is 11.4 Å². The number of hydrogen-bond acceptors (Lipinski definition) is 8. The summed E-state index contributed by atoms with van der Waals surface area (Å²) in [6, 6.07) is 23.1. The summed E-state index contributed by atoms with van der Waals surface area (Å²) in [5, 5.41) is 29.2. The van der Waals surface area contributed by atoms with Crippen LogP contribution in [0.4, 0.5) is 34.1 Å². The molecule has 0 spiro atoms. The molecule has 35 heavy (non-hydrogen) atoms. The van der Waals surface area contributed by atoms with Crippen LogP contribution in [0.1, 0.15) is 0 Å². The van der Waals surface area contributed by atoms with Crippen molar-refractivity contribution >= 4 is 65.6 Å². The van der Waals surface area contributed by atoms with E-state index in [0.717, 1.165) is 9.40 Å². The summed E-state index contributed by atoms with van der Waals surface area (Å²) < 4.78 is 1.68. The molecular formula is C25H16N4O5S. The number of non-ortho nitro benzene ring substituents is 2. The van der Waals surface area contributed by atoms with E-state index >= 15 is 0 Å². The maximum atomic E-state index is 13.3. The molecule has 4 aromatic carbocycles. The molecule has 0 fully saturated rings. The van der Waals surface area contributed by atoms with Gasteiger partial charge < -0.3 is 10.6 Å². The highest BCUT2D eigenvalue weighted by atomic mass is 32.1. The van der Waals surface area contributed by atoms with Crippen LogP contribution in [0.15, 0.2) is 89.7 Å². The quantitative estimate of drug-likeness (QED) is 0.156. The predicted octanol–water partition coefficient (Wildman–Crippen LogP) is 6.72. The van der Waals surface area contributed by atoms with Gasteiger partial charge in [0.1, 0.15) is 0 Å². The minimum absolute atomic E-state index is 0.00214. The zero-order valence-corrected chi connectivity index (χ0v) is 18.7.